The number of nitrogens with one attached hydrogen (secondary N) is 1. The molecule has 0 bridgehead atoms. The van der Waals surface area contributed by atoms with E-state index >= 15 is 0 Å². The lowest BCUT2D eigenvalue weighted by atomic mass is 10.1. The minimum Gasteiger partial charge on any atom is -0.477 e. The molecule has 0 amide bonds. The van der Waals surface area contributed by atoms with Gasteiger partial charge in [0.1, 0.15) is 11.2 Å². The normalized spacial score (nSPS) is 11.4. The average Bonchev–Trinajstić information content (AvgIpc) is 2.61. The minimum absolute atomic E-state index is 0.0740. The Labute approximate surface area is 143 Å². The molecule has 2 N–H and O–H groups in total. The van der Waals surface area contributed by atoms with Crippen molar-refractivity contribution in [3.63, 3.8) is 0 Å². The number of H-pyrrole nitrogens is 1. The predicted molar refractivity (Wildman–Crippen MR) is 93.6 cm³/mol. The molecule has 0 saturated carbocycles. The highest BCUT2D eigenvalue weighted by molar-refractivity contribution is 7.98. The fourth-order valence-corrected chi connectivity index (χ4v) is 3.17. The van der Waals surface area contributed by atoms with Crippen molar-refractivity contribution in [3.05, 3.63) is 56.6 Å². The van der Waals surface area contributed by atoms with Crippen molar-refractivity contribution in [3.8, 4) is 0 Å². The molecule has 4 rings (SSSR count). The van der Waals surface area contributed by atoms with Crippen LogP contribution in [-0.2, 0) is 0 Å². The number of rotatable bonds is 2. The summed E-state index contributed by atoms with van der Waals surface area (Å²) in [5.74, 6) is -1.43. The van der Waals surface area contributed by atoms with Gasteiger partial charge in [0.15, 0.2) is 10.8 Å². The second-order valence-corrected chi connectivity index (χ2v) is 6.03. The number of pyridine rings is 1. The van der Waals surface area contributed by atoms with E-state index in [0.29, 0.717) is 16.1 Å². The third kappa shape index (κ3) is 2.13. The lowest BCUT2D eigenvalue weighted by Crippen LogP contribution is -2.23. The van der Waals surface area contributed by atoms with Gasteiger partial charge in [-0.3, -0.25) is 14.0 Å². The van der Waals surface area contributed by atoms with Crippen LogP contribution in [0.1, 0.15) is 10.4 Å². The summed E-state index contributed by atoms with van der Waals surface area (Å²) in [5.41, 5.74) is -1.12. The number of hydrogen-bond acceptors (Lipinski definition) is 6. The number of carboxylic acid groups (broad SMARTS) is 1. The van der Waals surface area contributed by atoms with Crippen LogP contribution in [0, 0.1) is 0 Å². The van der Waals surface area contributed by atoms with Crippen LogP contribution in [0.2, 0.25) is 0 Å². The maximum atomic E-state index is 12.6. The zero-order chi connectivity index (χ0) is 17.7. The molecule has 8 nitrogen and oxygen atoms in total. The Balaban J connectivity index is 2.45. The minimum atomic E-state index is -1.43. The largest absolute Gasteiger partial charge is 0.477 e. The summed E-state index contributed by atoms with van der Waals surface area (Å²) >= 11 is 1.29. The van der Waals surface area contributed by atoms with E-state index in [0.717, 1.165) is 0 Å². The lowest BCUT2D eigenvalue weighted by molar-refractivity contribution is 0.0697. The Hall–Kier alpha value is -3.20. The topological polar surface area (TPSA) is 117 Å². The van der Waals surface area contributed by atoms with Crippen LogP contribution in [0.15, 0.2) is 45.2 Å². The quantitative estimate of drug-likeness (QED) is 0.318. The van der Waals surface area contributed by atoms with Crippen molar-refractivity contribution in [2.45, 2.75) is 5.16 Å². The van der Waals surface area contributed by atoms with Crippen LogP contribution in [0.3, 0.4) is 0 Å². The molecule has 0 aliphatic carbocycles. The van der Waals surface area contributed by atoms with E-state index in [4.69, 9.17) is 0 Å². The summed E-state index contributed by atoms with van der Waals surface area (Å²) in [6.07, 6.45) is 3.10. The van der Waals surface area contributed by atoms with E-state index in [-0.39, 0.29) is 16.7 Å². The van der Waals surface area contributed by atoms with Crippen molar-refractivity contribution in [1.82, 2.24) is 19.4 Å². The number of carboxylic acids is 1. The van der Waals surface area contributed by atoms with Crippen molar-refractivity contribution < 1.29 is 9.90 Å². The predicted octanol–water partition coefficient (Wildman–Crippen LogP) is 1.50. The second-order valence-electron chi connectivity index (χ2n) is 5.26. The van der Waals surface area contributed by atoms with Crippen molar-refractivity contribution in [2.24, 2.45) is 0 Å². The van der Waals surface area contributed by atoms with Crippen LogP contribution in [0.25, 0.3) is 27.6 Å². The Kier molecular flexibility index (Phi) is 3.32. The van der Waals surface area contributed by atoms with E-state index < -0.39 is 22.5 Å². The number of thioether (sulfide) groups is 1. The van der Waals surface area contributed by atoms with Gasteiger partial charge in [-0.1, -0.05) is 23.9 Å². The van der Waals surface area contributed by atoms with Gasteiger partial charge in [-0.05, 0) is 18.4 Å². The van der Waals surface area contributed by atoms with Gasteiger partial charge < -0.3 is 10.1 Å². The zero-order valence-electron chi connectivity index (χ0n) is 12.8. The molecule has 0 aliphatic rings. The number of para-hydroxylation sites is 1. The average molecular weight is 354 g/mol. The first-order valence-corrected chi connectivity index (χ1v) is 8.39. The van der Waals surface area contributed by atoms with Gasteiger partial charge >= 0.3 is 5.97 Å². The number of benzene rings is 1. The van der Waals surface area contributed by atoms with Crippen LogP contribution in [-0.4, -0.2) is 36.7 Å². The number of fused-ring (bicyclic) bond motifs is 5. The molecule has 124 valence electrons. The molecule has 9 heteroatoms. The molecular weight excluding hydrogens is 344 g/mol. The molecule has 0 fully saturated rings. The van der Waals surface area contributed by atoms with Gasteiger partial charge in [0.05, 0.1) is 16.3 Å². The molecule has 4 aromatic rings. The smallest absolute Gasteiger partial charge is 0.343 e. The van der Waals surface area contributed by atoms with Gasteiger partial charge in [0.25, 0.3) is 5.56 Å². The Bertz CT molecular complexity index is 1310. The molecule has 0 saturated heterocycles. The zero-order valence-corrected chi connectivity index (χ0v) is 13.6. The van der Waals surface area contributed by atoms with Gasteiger partial charge in [0, 0.05) is 6.20 Å². The Morgan fingerprint density at radius 2 is 2.00 bits per heavy atom. The molecule has 0 aliphatic heterocycles. The molecular formula is C16H10N4O4S. The molecule has 3 aromatic heterocycles. The van der Waals surface area contributed by atoms with Gasteiger partial charge in [-0.25, -0.2) is 14.8 Å². The van der Waals surface area contributed by atoms with Crippen molar-refractivity contribution >= 4 is 45.3 Å². The highest BCUT2D eigenvalue weighted by Crippen LogP contribution is 2.20. The van der Waals surface area contributed by atoms with E-state index in [1.54, 1.807) is 30.5 Å². The van der Waals surface area contributed by atoms with E-state index in [2.05, 4.69) is 15.0 Å². The van der Waals surface area contributed by atoms with Gasteiger partial charge in [0.2, 0.25) is 5.43 Å². The molecule has 3 heterocycles. The highest BCUT2D eigenvalue weighted by atomic mass is 32.2. The van der Waals surface area contributed by atoms with E-state index in [1.165, 1.54) is 22.4 Å². The van der Waals surface area contributed by atoms with Crippen LogP contribution < -0.4 is 11.0 Å². The second kappa shape index (κ2) is 5.42. The fraction of sp³-hybridized carbons (Fsp3) is 0.0625. The number of nitrogens with zero attached hydrogens (tertiary/aromatic N) is 3. The molecule has 1 aromatic carbocycles. The van der Waals surface area contributed by atoms with Crippen LogP contribution in [0.4, 0.5) is 0 Å². The third-order valence-electron chi connectivity index (χ3n) is 3.91. The number of aromatic nitrogens is 4. The van der Waals surface area contributed by atoms with Crippen LogP contribution in [0.5, 0.6) is 0 Å². The Morgan fingerprint density at radius 3 is 2.72 bits per heavy atom. The molecule has 0 unspecified atom stereocenters. The summed E-state index contributed by atoms with van der Waals surface area (Å²) in [6.45, 7) is 0. The van der Waals surface area contributed by atoms with E-state index in [9.17, 15) is 19.5 Å². The number of hydrogen-bond donors (Lipinski definition) is 2. The summed E-state index contributed by atoms with van der Waals surface area (Å²) in [5, 5.41) is 10.4. The van der Waals surface area contributed by atoms with Crippen LogP contribution >= 0.6 is 11.8 Å². The first-order chi connectivity index (χ1) is 12.0. The summed E-state index contributed by atoms with van der Waals surface area (Å²) < 4.78 is 1.48. The monoisotopic (exact) mass is 354 g/mol. The summed E-state index contributed by atoms with van der Waals surface area (Å²) in [6, 6.07) is 6.72. The summed E-state index contributed by atoms with van der Waals surface area (Å²) in [4.78, 5) is 47.6. The maximum Gasteiger partial charge on any atom is 0.343 e. The van der Waals surface area contributed by atoms with E-state index in [1.807, 2.05) is 0 Å². The highest BCUT2D eigenvalue weighted by Gasteiger charge is 2.21. The fourth-order valence-electron chi connectivity index (χ4n) is 2.83. The van der Waals surface area contributed by atoms with Gasteiger partial charge in [-0.15, -0.1) is 0 Å². The molecule has 0 atom stereocenters. The standard InChI is InChI=1S/C16H10N4O4S/c1-25-16-17-6-8-11(21)10(15(23)24)13-18-14(22)7-4-2-3-5-9(7)20(13)12(8)19-16/h2-6H,1H3,(H,18,22)(H,23,24). The maximum absolute atomic E-state index is 12.6. The molecule has 25 heavy (non-hydrogen) atoms. The number of aromatic amines is 1. The first kappa shape index (κ1) is 15.3. The molecule has 0 radical (unpaired) electrons. The van der Waals surface area contributed by atoms with Crippen molar-refractivity contribution in [1.29, 1.82) is 0 Å². The third-order valence-corrected chi connectivity index (χ3v) is 4.47. The molecule has 0 spiro atoms. The van der Waals surface area contributed by atoms with Gasteiger partial charge in [-0.2, -0.15) is 0 Å². The number of aromatic carboxylic acids is 1. The Morgan fingerprint density at radius 1 is 1.24 bits per heavy atom. The lowest BCUT2D eigenvalue weighted by Gasteiger charge is -2.11. The number of carbonyl (C=O) groups is 1. The first-order valence-electron chi connectivity index (χ1n) is 7.16. The van der Waals surface area contributed by atoms with Crippen molar-refractivity contribution in [2.75, 3.05) is 6.26 Å². The SMILES string of the molecule is CSc1ncc2c(=O)c(C(=O)O)c3[nH]c(=O)c4ccccc4n3c2n1. The summed E-state index contributed by atoms with van der Waals surface area (Å²) in [7, 11) is 0.